The Morgan fingerprint density at radius 2 is 1.56 bits per heavy atom. The van der Waals surface area contributed by atoms with Gasteiger partial charge in [-0.05, 0) is 50.0 Å². The van der Waals surface area contributed by atoms with Crippen LogP contribution in [0.1, 0.15) is 44.2 Å². The maximum atomic E-state index is 3.86. The topological polar surface area (TPSA) is 12.0 Å². The Morgan fingerprint density at radius 1 is 1.00 bits per heavy atom. The van der Waals surface area contributed by atoms with Gasteiger partial charge >= 0.3 is 0 Å². The van der Waals surface area contributed by atoms with E-state index in [1.54, 1.807) is 0 Å². The Balaban J connectivity index is 1.64. The van der Waals surface area contributed by atoms with E-state index in [9.17, 15) is 0 Å². The van der Waals surface area contributed by atoms with Crippen LogP contribution in [0.15, 0.2) is 30.3 Å². The quantitative estimate of drug-likeness (QED) is 0.792. The number of rotatable bonds is 5. The SMILES string of the molecule is C[C@H](NC(C1CC1)C1CC1)c1ccccc1. The Bertz CT molecular complexity index is 326. The predicted octanol–water partition coefficient (Wildman–Crippen LogP) is 3.53. The normalized spacial score (nSPS) is 22.4. The fourth-order valence-corrected chi connectivity index (χ4v) is 2.69. The molecule has 1 N–H and O–H groups in total. The summed E-state index contributed by atoms with van der Waals surface area (Å²) < 4.78 is 0. The van der Waals surface area contributed by atoms with E-state index < -0.39 is 0 Å². The molecule has 2 fully saturated rings. The highest BCUT2D eigenvalue weighted by Crippen LogP contribution is 2.45. The Morgan fingerprint density at radius 3 is 2.06 bits per heavy atom. The fourth-order valence-electron chi connectivity index (χ4n) is 2.69. The van der Waals surface area contributed by atoms with Crippen molar-refractivity contribution in [2.24, 2.45) is 11.8 Å². The van der Waals surface area contributed by atoms with E-state index in [0.29, 0.717) is 6.04 Å². The van der Waals surface area contributed by atoms with Gasteiger partial charge in [-0.1, -0.05) is 30.3 Å². The molecule has 0 spiro atoms. The summed E-state index contributed by atoms with van der Waals surface area (Å²) in [5.74, 6) is 1.97. The lowest BCUT2D eigenvalue weighted by Gasteiger charge is -2.23. The van der Waals surface area contributed by atoms with E-state index in [2.05, 4.69) is 42.6 Å². The summed E-state index contributed by atoms with van der Waals surface area (Å²) in [7, 11) is 0. The van der Waals surface area contributed by atoms with Crippen molar-refractivity contribution in [1.29, 1.82) is 0 Å². The highest BCUT2D eigenvalue weighted by atomic mass is 15.0. The number of hydrogen-bond acceptors (Lipinski definition) is 1. The molecule has 86 valence electrons. The van der Waals surface area contributed by atoms with Gasteiger partial charge in [0.15, 0.2) is 0 Å². The zero-order valence-electron chi connectivity index (χ0n) is 10.0. The molecule has 1 aromatic rings. The van der Waals surface area contributed by atoms with Crippen LogP contribution in [0.5, 0.6) is 0 Å². The summed E-state index contributed by atoms with van der Waals surface area (Å²) in [4.78, 5) is 0. The zero-order valence-corrected chi connectivity index (χ0v) is 10.0. The Kier molecular flexibility index (Phi) is 2.72. The van der Waals surface area contributed by atoms with Gasteiger partial charge in [-0.3, -0.25) is 0 Å². The summed E-state index contributed by atoms with van der Waals surface area (Å²) in [5, 5.41) is 3.86. The predicted molar refractivity (Wildman–Crippen MR) is 67.2 cm³/mol. The van der Waals surface area contributed by atoms with Crippen LogP contribution in [-0.2, 0) is 0 Å². The smallest absolute Gasteiger partial charge is 0.0294 e. The molecule has 0 saturated heterocycles. The molecule has 0 aliphatic heterocycles. The van der Waals surface area contributed by atoms with Gasteiger partial charge in [0.05, 0.1) is 0 Å². The standard InChI is InChI=1S/C15H21N/c1-11(12-5-3-2-4-6-12)16-15(13-7-8-13)14-9-10-14/h2-6,11,13-16H,7-10H2,1H3/t11-/m0/s1. The molecule has 0 heterocycles. The number of hydrogen-bond donors (Lipinski definition) is 1. The van der Waals surface area contributed by atoms with Gasteiger partial charge in [-0.2, -0.15) is 0 Å². The number of benzene rings is 1. The monoisotopic (exact) mass is 215 g/mol. The molecule has 2 aliphatic carbocycles. The molecule has 0 radical (unpaired) electrons. The average molecular weight is 215 g/mol. The lowest BCUT2D eigenvalue weighted by Crippen LogP contribution is -2.35. The van der Waals surface area contributed by atoms with Gasteiger partial charge < -0.3 is 5.32 Å². The molecule has 1 atom stereocenters. The van der Waals surface area contributed by atoms with Crippen LogP contribution in [0.25, 0.3) is 0 Å². The Labute approximate surface area is 98.3 Å². The minimum atomic E-state index is 0.507. The van der Waals surface area contributed by atoms with Crippen molar-refractivity contribution in [1.82, 2.24) is 5.32 Å². The highest BCUT2D eigenvalue weighted by Gasteiger charge is 2.41. The molecule has 0 aromatic heterocycles. The van der Waals surface area contributed by atoms with Crippen molar-refractivity contribution in [2.45, 2.75) is 44.7 Å². The lowest BCUT2D eigenvalue weighted by molar-refractivity contribution is 0.377. The maximum absolute atomic E-state index is 3.86. The minimum absolute atomic E-state index is 0.507. The van der Waals surface area contributed by atoms with Gasteiger partial charge in [-0.25, -0.2) is 0 Å². The Hall–Kier alpha value is -0.820. The van der Waals surface area contributed by atoms with E-state index in [1.165, 1.54) is 31.2 Å². The highest BCUT2D eigenvalue weighted by molar-refractivity contribution is 5.18. The lowest BCUT2D eigenvalue weighted by atomic mass is 10.0. The molecule has 0 bridgehead atoms. The molecule has 2 aliphatic rings. The summed E-state index contributed by atoms with van der Waals surface area (Å²) in [6.45, 7) is 2.30. The van der Waals surface area contributed by atoms with Crippen LogP contribution in [0.4, 0.5) is 0 Å². The largest absolute Gasteiger partial charge is 0.307 e. The van der Waals surface area contributed by atoms with Crippen molar-refractivity contribution >= 4 is 0 Å². The first kappa shape index (κ1) is 10.3. The fraction of sp³-hybridized carbons (Fsp3) is 0.600. The van der Waals surface area contributed by atoms with Gasteiger partial charge in [0.25, 0.3) is 0 Å². The van der Waals surface area contributed by atoms with E-state index in [4.69, 9.17) is 0 Å². The molecule has 3 rings (SSSR count). The van der Waals surface area contributed by atoms with Gasteiger partial charge in [0, 0.05) is 12.1 Å². The average Bonchev–Trinajstić information content (AvgIpc) is 3.19. The van der Waals surface area contributed by atoms with Crippen LogP contribution in [-0.4, -0.2) is 6.04 Å². The first-order valence-corrected chi connectivity index (χ1v) is 6.65. The van der Waals surface area contributed by atoms with Crippen molar-refractivity contribution < 1.29 is 0 Å². The van der Waals surface area contributed by atoms with E-state index >= 15 is 0 Å². The van der Waals surface area contributed by atoms with Gasteiger partial charge in [0.2, 0.25) is 0 Å². The zero-order chi connectivity index (χ0) is 11.0. The second-order valence-electron chi connectivity index (χ2n) is 5.50. The summed E-state index contributed by atoms with van der Waals surface area (Å²) in [6, 6.07) is 12.1. The summed E-state index contributed by atoms with van der Waals surface area (Å²) in [6.07, 6.45) is 5.82. The minimum Gasteiger partial charge on any atom is -0.307 e. The van der Waals surface area contributed by atoms with Crippen LogP contribution in [0.3, 0.4) is 0 Å². The number of nitrogens with one attached hydrogen (secondary N) is 1. The van der Waals surface area contributed by atoms with Crippen LogP contribution >= 0.6 is 0 Å². The third-order valence-electron chi connectivity index (χ3n) is 4.00. The molecule has 0 unspecified atom stereocenters. The maximum Gasteiger partial charge on any atom is 0.0294 e. The molecule has 1 aromatic carbocycles. The van der Waals surface area contributed by atoms with Crippen LogP contribution in [0.2, 0.25) is 0 Å². The van der Waals surface area contributed by atoms with E-state index in [0.717, 1.165) is 17.9 Å². The van der Waals surface area contributed by atoms with Crippen molar-refractivity contribution in [3.05, 3.63) is 35.9 Å². The molecule has 1 heteroatoms. The van der Waals surface area contributed by atoms with Gasteiger partial charge in [0.1, 0.15) is 0 Å². The molecule has 1 nitrogen and oxygen atoms in total. The molecule has 2 saturated carbocycles. The summed E-state index contributed by atoms with van der Waals surface area (Å²) in [5.41, 5.74) is 1.42. The summed E-state index contributed by atoms with van der Waals surface area (Å²) >= 11 is 0. The van der Waals surface area contributed by atoms with Crippen molar-refractivity contribution in [2.75, 3.05) is 0 Å². The van der Waals surface area contributed by atoms with E-state index in [1.807, 2.05) is 0 Å². The van der Waals surface area contributed by atoms with Crippen LogP contribution < -0.4 is 5.32 Å². The first-order valence-electron chi connectivity index (χ1n) is 6.65. The second kappa shape index (κ2) is 4.21. The third-order valence-corrected chi connectivity index (χ3v) is 4.00. The first-order chi connectivity index (χ1) is 7.84. The molecular formula is C15H21N. The molecule has 16 heavy (non-hydrogen) atoms. The van der Waals surface area contributed by atoms with Crippen molar-refractivity contribution in [3.8, 4) is 0 Å². The molecule has 0 amide bonds. The molecular weight excluding hydrogens is 194 g/mol. The van der Waals surface area contributed by atoms with E-state index in [-0.39, 0.29) is 0 Å². The third kappa shape index (κ3) is 2.30. The van der Waals surface area contributed by atoms with Crippen LogP contribution in [0, 0.1) is 11.8 Å². The van der Waals surface area contributed by atoms with Crippen molar-refractivity contribution in [3.63, 3.8) is 0 Å². The second-order valence-corrected chi connectivity index (χ2v) is 5.50. The van der Waals surface area contributed by atoms with Gasteiger partial charge in [-0.15, -0.1) is 0 Å².